The van der Waals surface area contributed by atoms with Gasteiger partial charge in [-0.1, -0.05) is 27.7 Å². The summed E-state index contributed by atoms with van der Waals surface area (Å²) < 4.78 is 0. The minimum absolute atomic E-state index is 1.15. The smallest absolute Gasteiger partial charge is 0.0519 e. The first-order chi connectivity index (χ1) is 5.30. The molecular weight excluding hydrogens is 136 g/mol. The van der Waals surface area contributed by atoms with Gasteiger partial charge in [0.05, 0.1) is 6.20 Å². The maximum absolute atomic E-state index is 3.80. The molecule has 0 saturated heterocycles. The number of aryl methyl sites for hydroxylation is 2. The number of hydrogen-bond acceptors (Lipinski definition) is 1. The average Bonchev–Trinajstić information content (AvgIpc) is 2.44. The highest BCUT2D eigenvalue weighted by Crippen LogP contribution is 1.96. The lowest BCUT2D eigenvalue weighted by atomic mass is 10.3. The summed E-state index contributed by atoms with van der Waals surface area (Å²) in [6, 6.07) is 0. The van der Waals surface area contributed by atoms with Crippen molar-refractivity contribution in [1.29, 1.82) is 0 Å². The van der Waals surface area contributed by atoms with Crippen LogP contribution >= 0.6 is 0 Å². The molecule has 0 aliphatic rings. The van der Waals surface area contributed by atoms with E-state index in [-0.39, 0.29) is 0 Å². The highest BCUT2D eigenvalue weighted by molar-refractivity contribution is 5.10. The third kappa shape index (κ3) is 5.64. The fraction of sp³-hybridized carbons (Fsp3) is 0.667. The van der Waals surface area contributed by atoms with E-state index >= 15 is 0 Å². The van der Waals surface area contributed by atoms with Gasteiger partial charge in [-0.05, 0) is 19.4 Å². The van der Waals surface area contributed by atoms with Gasteiger partial charge in [-0.15, -0.1) is 0 Å². The highest BCUT2D eigenvalue weighted by Gasteiger charge is 1.87. The minimum atomic E-state index is 1.15. The molecule has 1 N–H and O–H groups in total. The summed E-state index contributed by atoms with van der Waals surface area (Å²) in [6.07, 6.45) is 1.81. The van der Waals surface area contributed by atoms with Crippen molar-refractivity contribution in [3.63, 3.8) is 0 Å². The molecule has 0 aliphatic carbocycles. The third-order valence-electron chi connectivity index (χ3n) is 1.08. The summed E-state index contributed by atoms with van der Waals surface area (Å²) in [5.41, 5.74) is 2.38. The molecule has 2 nitrogen and oxygen atoms in total. The first kappa shape index (κ1) is 12.8. The van der Waals surface area contributed by atoms with Gasteiger partial charge in [0, 0.05) is 5.69 Å². The van der Waals surface area contributed by atoms with E-state index in [1.54, 1.807) is 0 Å². The third-order valence-corrected chi connectivity index (χ3v) is 1.08. The molecular formula is C9H20N2. The molecule has 1 rings (SSSR count). The Kier molecular flexibility index (Phi) is 10.8. The zero-order valence-corrected chi connectivity index (χ0v) is 8.52. The van der Waals surface area contributed by atoms with E-state index in [1.807, 2.05) is 47.7 Å². The maximum atomic E-state index is 3.80. The summed E-state index contributed by atoms with van der Waals surface area (Å²) in [5, 5.41) is 6.61. The molecule has 1 aromatic rings. The van der Waals surface area contributed by atoms with Crippen LogP contribution in [0.15, 0.2) is 6.20 Å². The fourth-order valence-corrected chi connectivity index (χ4v) is 0.411. The average molecular weight is 156 g/mol. The standard InChI is InChI=1S/C5H8N2.2C2H6/c1-4-3-6-7-5(4)2;2*1-2/h3H,1-2H3,(H,6,7);2*1-2H3. The molecule has 2 heteroatoms. The van der Waals surface area contributed by atoms with E-state index in [9.17, 15) is 0 Å². The van der Waals surface area contributed by atoms with Crippen molar-refractivity contribution in [2.75, 3.05) is 0 Å². The Morgan fingerprint density at radius 1 is 1.09 bits per heavy atom. The minimum Gasteiger partial charge on any atom is -0.283 e. The largest absolute Gasteiger partial charge is 0.283 e. The lowest BCUT2D eigenvalue weighted by molar-refractivity contribution is 1.04. The molecule has 0 saturated carbocycles. The molecule has 0 unspecified atom stereocenters. The Hall–Kier alpha value is -0.790. The van der Waals surface area contributed by atoms with Crippen molar-refractivity contribution in [3.8, 4) is 0 Å². The van der Waals surface area contributed by atoms with Gasteiger partial charge in [0.1, 0.15) is 0 Å². The van der Waals surface area contributed by atoms with Crippen molar-refractivity contribution in [2.24, 2.45) is 0 Å². The van der Waals surface area contributed by atoms with Gasteiger partial charge in [-0.3, -0.25) is 5.10 Å². The Labute approximate surface area is 70.0 Å². The van der Waals surface area contributed by atoms with Crippen LogP contribution in [0.1, 0.15) is 39.0 Å². The van der Waals surface area contributed by atoms with Crippen LogP contribution in [0, 0.1) is 13.8 Å². The molecule has 0 atom stereocenters. The molecule has 0 radical (unpaired) electrons. The first-order valence-electron chi connectivity index (χ1n) is 4.27. The molecule has 0 spiro atoms. The number of hydrogen-bond donors (Lipinski definition) is 1. The molecule has 0 amide bonds. The number of H-pyrrole nitrogens is 1. The van der Waals surface area contributed by atoms with Gasteiger partial charge in [-0.2, -0.15) is 5.10 Å². The lowest BCUT2D eigenvalue weighted by Crippen LogP contribution is -1.70. The van der Waals surface area contributed by atoms with Crippen LogP contribution in [-0.4, -0.2) is 10.2 Å². The van der Waals surface area contributed by atoms with Crippen molar-refractivity contribution >= 4 is 0 Å². The quantitative estimate of drug-likeness (QED) is 0.614. The number of rotatable bonds is 0. The summed E-state index contributed by atoms with van der Waals surface area (Å²) in [6.45, 7) is 12.0. The van der Waals surface area contributed by atoms with E-state index in [1.165, 1.54) is 5.56 Å². The summed E-state index contributed by atoms with van der Waals surface area (Å²) in [5.74, 6) is 0. The molecule has 0 aromatic carbocycles. The van der Waals surface area contributed by atoms with Crippen molar-refractivity contribution in [1.82, 2.24) is 10.2 Å². The van der Waals surface area contributed by atoms with E-state index in [2.05, 4.69) is 10.2 Å². The molecule has 1 heterocycles. The second-order valence-corrected chi connectivity index (χ2v) is 1.68. The molecule has 0 aliphatic heterocycles. The Balaban J connectivity index is 0. The Morgan fingerprint density at radius 3 is 1.64 bits per heavy atom. The van der Waals surface area contributed by atoms with Crippen LogP contribution in [0.2, 0.25) is 0 Å². The molecule has 0 fully saturated rings. The van der Waals surface area contributed by atoms with Gasteiger partial charge in [0.2, 0.25) is 0 Å². The summed E-state index contributed by atoms with van der Waals surface area (Å²) in [4.78, 5) is 0. The second kappa shape index (κ2) is 9.21. The zero-order chi connectivity index (χ0) is 9.28. The molecule has 1 aromatic heterocycles. The highest BCUT2D eigenvalue weighted by atomic mass is 15.1. The summed E-state index contributed by atoms with van der Waals surface area (Å²) in [7, 11) is 0. The Bertz CT molecular complexity index is 140. The van der Waals surface area contributed by atoms with Gasteiger partial charge in [0.25, 0.3) is 0 Å². The number of aromatic amines is 1. The van der Waals surface area contributed by atoms with Crippen LogP contribution in [0.3, 0.4) is 0 Å². The van der Waals surface area contributed by atoms with Crippen LogP contribution in [0.4, 0.5) is 0 Å². The van der Waals surface area contributed by atoms with E-state index in [0.29, 0.717) is 0 Å². The SMILES string of the molecule is CC.CC.Cc1cn[nH]c1C. The summed E-state index contributed by atoms with van der Waals surface area (Å²) >= 11 is 0. The second-order valence-electron chi connectivity index (χ2n) is 1.68. The number of nitrogens with zero attached hydrogens (tertiary/aromatic N) is 1. The lowest BCUT2D eigenvalue weighted by Gasteiger charge is -1.78. The molecule has 11 heavy (non-hydrogen) atoms. The fourth-order valence-electron chi connectivity index (χ4n) is 0.411. The van der Waals surface area contributed by atoms with E-state index in [0.717, 1.165) is 5.69 Å². The van der Waals surface area contributed by atoms with Crippen LogP contribution < -0.4 is 0 Å². The van der Waals surface area contributed by atoms with Crippen LogP contribution in [-0.2, 0) is 0 Å². The van der Waals surface area contributed by atoms with Gasteiger partial charge >= 0.3 is 0 Å². The van der Waals surface area contributed by atoms with E-state index in [4.69, 9.17) is 0 Å². The van der Waals surface area contributed by atoms with Gasteiger partial charge in [-0.25, -0.2) is 0 Å². The molecule has 0 bridgehead atoms. The van der Waals surface area contributed by atoms with E-state index < -0.39 is 0 Å². The predicted molar refractivity (Wildman–Crippen MR) is 50.8 cm³/mol. The first-order valence-corrected chi connectivity index (χ1v) is 4.27. The number of nitrogens with one attached hydrogen (secondary N) is 1. The Morgan fingerprint density at radius 2 is 1.55 bits per heavy atom. The predicted octanol–water partition coefficient (Wildman–Crippen LogP) is 3.08. The normalized spacial score (nSPS) is 7.09. The number of aromatic nitrogens is 2. The van der Waals surface area contributed by atoms with Crippen molar-refractivity contribution < 1.29 is 0 Å². The van der Waals surface area contributed by atoms with Gasteiger partial charge in [0.15, 0.2) is 0 Å². The van der Waals surface area contributed by atoms with Crippen molar-refractivity contribution in [2.45, 2.75) is 41.5 Å². The molecule has 66 valence electrons. The zero-order valence-electron chi connectivity index (χ0n) is 8.52. The van der Waals surface area contributed by atoms with Crippen LogP contribution in [0.25, 0.3) is 0 Å². The van der Waals surface area contributed by atoms with Crippen molar-refractivity contribution in [3.05, 3.63) is 17.5 Å². The van der Waals surface area contributed by atoms with Crippen LogP contribution in [0.5, 0.6) is 0 Å². The monoisotopic (exact) mass is 156 g/mol. The topological polar surface area (TPSA) is 28.7 Å². The van der Waals surface area contributed by atoms with Gasteiger partial charge < -0.3 is 0 Å². The maximum Gasteiger partial charge on any atom is 0.0519 e.